The third-order valence-corrected chi connectivity index (χ3v) is 7.53. The van der Waals surface area contributed by atoms with Crippen LogP contribution in [0.2, 0.25) is 0 Å². The average Bonchev–Trinajstić information content (AvgIpc) is 3.22. The van der Waals surface area contributed by atoms with Crippen LogP contribution in [-0.2, 0) is 19.1 Å². The zero-order valence-corrected chi connectivity index (χ0v) is 22.0. The number of nitrogens with one attached hydrogen (secondary N) is 1. The number of carboxylic acid groups (broad SMARTS) is 1. The summed E-state index contributed by atoms with van der Waals surface area (Å²) in [6, 6.07) is 2.71. The molecule has 0 aliphatic carbocycles. The number of hydrogen-bond donors (Lipinski definition) is 3. The Morgan fingerprint density at radius 3 is 2.64 bits per heavy atom. The molecule has 0 bridgehead atoms. The van der Waals surface area contributed by atoms with Crippen LogP contribution >= 0.6 is 47.9 Å². The number of esters is 1. The van der Waals surface area contributed by atoms with E-state index in [1.54, 1.807) is 30.0 Å². The molecule has 1 aliphatic rings. The number of carbonyl (C=O) groups excluding carboxylic acids is 2. The number of nitrogens with two attached hydrogens (primary N) is 1. The molecule has 190 valence electrons. The number of aliphatic carboxylic acids is 1. The fourth-order valence-electron chi connectivity index (χ4n) is 3.52. The highest BCUT2D eigenvalue weighted by atomic mass is 35.5. The highest BCUT2D eigenvalue weighted by molar-refractivity contribution is 7.99. The van der Waals surface area contributed by atoms with Gasteiger partial charge in [0.1, 0.15) is 12.6 Å². The van der Waals surface area contributed by atoms with Crippen molar-refractivity contribution in [1.29, 1.82) is 0 Å². The zero-order valence-electron chi connectivity index (χ0n) is 18.8. The molecule has 2 unspecified atom stereocenters. The van der Waals surface area contributed by atoms with Crippen molar-refractivity contribution in [3.63, 3.8) is 0 Å². The van der Waals surface area contributed by atoms with Crippen LogP contribution in [-0.4, -0.2) is 71.9 Å². The summed E-state index contributed by atoms with van der Waals surface area (Å²) in [6.07, 6.45) is 4.28. The van der Waals surface area contributed by atoms with E-state index in [-0.39, 0.29) is 55.1 Å². The van der Waals surface area contributed by atoms with Crippen LogP contribution in [0.15, 0.2) is 17.5 Å². The van der Waals surface area contributed by atoms with Gasteiger partial charge in [0.25, 0.3) is 0 Å². The van der Waals surface area contributed by atoms with Gasteiger partial charge in [0.2, 0.25) is 5.91 Å². The summed E-state index contributed by atoms with van der Waals surface area (Å²) in [4.78, 5) is 39.5. The lowest BCUT2D eigenvalue weighted by atomic mass is 10.1. The molecule has 1 aromatic rings. The molecule has 4 N–H and O–H groups in total. The lowest BCUT2D eigenvalue weighted by Gasteiger charge is -2.26. The summed E-state index contributed by atoms with van der Waals surface area (Å²) >= 11 is 3.21. The first-order chi connectivity index (χ1) is 15.0. The molecule has 33 heavy (non-hydrogen) atoms. The van der Waals surface area contributed by atoms with Gasteiger partial charge in [0, 0.05) is 17.2 Å². The van der Waals surface area contributed by atoms with Crippen molar-refractivity contribution in [3.05, 3.63) is 22.4 Å². The van der Waals surface area contributed by atoms with Crippen molar-refractivity contribution >= 4 is 65.8 Å². The molecule has 2 heterocycles. The van der Waals surface area contributed by atoms with Crippen molar-refractivity contribution in [1.82, 2.24) is 10.2 Å². The Balaban J connectivity index is 0.00000512. The highest BCUT2D eigenvalue weighted by Crippen LogP contribution is 2.35. The standard InChI is InChI=1S/C21H33N3O5S2.2ClH/c1-2-29-21(28)15(8-5-3-4-6-10-22)23-16-14-31-18(17-9-7-11-30-17)12-24(20(16)27)13-19(25)26;;/h7,9,11,15-16,18,23H,2-6,8,10,12-14,22H2,1H3,(H,25,26);2*1H/t15-,16?,18?;;/m1../s1. The Bertz CT molecular complexity index is 712. The van der Waals surface area contributed by atoms with Gasteiger partial charge in [-0.2, -0.15) is 0 Å². The molecule has 1 saturated heterocycles. The third-order valence-electron chi connectivity index (χ3n) is 5.07. The quantitative estimate of drug-likeness (QED) is 0.256. The molecule has 2 rings (SSSR count). The van der Waals surface area contributed by atoms with Crippen LogP contribution in [0.25, 0.3) is 0 Å². The van der Waals surface area contributed by atoms with Crippen LogP contribution in [0.3, 0.4) is 0 Å². The smallest absolute Gasteiger partial charge is 0.323 e. The average molecular weight is 545 g/mol. The van der Waals surface area contributed by atoms with E-state index < -0.39 is 18.1 Å². The van der Waals surface area contributed by atoms with Crippen LogP contribution < -0.4 is 11.1 Å². The van der Waals surface area contributed by atoms with E-state index in [9.17, 15) is 19.5 Å². The fourth-order valence-corrected chi connectivity index (χ4v) is 5.78. The first kappa shape index (κ1) is 32.0. The van der Waals surface area contributed by atoms with Crippen molar-refractivity contribution < 1.29 is 24.2 Å². The monoisotopic (exact) mass is 543 g/mol. The first-order valence-corrected chi connectivity index (χ1v) is 12.7. The van der Waals surface area contributed by atoms with Gasteiger partial charge in [0.15, 0.2) is 0 Å². The second kappa shape index (κ2) is 17.4. The van der Waals surface area contributed by atoms with Gasteiger partial charge in [-0.05, 0) is 37.8 Å². The van der Waals surface area contributed by atoms with E-state index in [4.69, 9.17) is 10.5 Å². The number of ether oxygens (including phenoxy) is 1. The minimum atomic E-state index is -1.05. The predicted molar refractivity (Wildman–Crippen MR) is 138 cm³/mol. The Labute approximate surface area is 216 Å². The van der Waals surface area contributed by atoms with Crippen molar-refractivity contribution in [2.75, 3.05) is 32.0 Å². The maximum absolute atomic E-state index is 13.2. The number of carboxylic acids is 1. The summed E-state index contributed by atoms with van der Waals surface area (Å²) < 4.78 is 5.22. The van der Waals surface area contributed by atoms with E-state index >= 15 is 0 Å². The van der Waals surface area contributed by atoms with E-state index in [1.165, 1.54) is 4.90 Å². The summed E-state index contributed by atoms with van der Waals surface area (Å²) in [5.41, 5.74) is 5.53. The number of unbranched alkanes of at least 4 members (excludes halogenated alkanes) is 3. The van der Waals surface area contributed by atoms with Gasteiger partial charge in [-0.25, -0.2) is 0 Å². The van der Waals surface area contributed by atoms with Crippen molar-refractivity contribution in [2.45, 2.75) is 56.4 Å². The van der Waals surface area contributed by atoms with E-state index in [1.807, 2.05) is 17.5 Å². The molecule has 1 aromatic heterocycles. The minimum Gasteiger partial charge on any atom is -0.480 e. The number of thiophene rings is 1. The van der Waals surface area contributed by atoms with Gasteiger partial charge >= 0.3 is 11.9 Å². The molecule has 3 atom stereocenters. The molecule has 8 nitrogen and oxygen atoms in total. The molecular weight excluding hydrogens is 509 g/mol. The largest absolute Gasteiger partial charge is 0.480 e. The Morgan fingerprint density at radius 2 is 2.03 bits per heavy atom. The van der Waals surface area contributed by atoms with Crippen LogP contribution in [0, 0.1) is 0 Å². The number of carbonyl (C=O) groups is 3. The molecule has 0 aromatic carbocycles. The summed E-state index contributed by atoms with van der Waals surface area (Å²) in [6.45, 7) is 2.64. The lowest BCUT2D eigenvalue weighted by Crippen LogP contribution is -2.53. The molecule has 1 amide bonds. The number of rotatable bonds is 13. The number of amides is 1. The summed E-state index contributed by atoms with van der Waals surface area (Å²) in [5.74, 6) is -1.25. The molecule has 1 fully saturated rings. The zero-order chi connectivity index (χ0) is 22.6. The number of halogens is 2. The molecule has 0 saturated carbocycles. The number of hydrogen-bond acceptors (Lipinski definition) is 8. The lowest BCUT2D eigenvalue weighted by molar-refractivity contribution is -0.148. The molecule has 1 aliphatic heterocycles. The van der Waals surface area contributed by atoms with Gasteiger partial charge in [-0.1, -0.05) is 25.3 Å². The second-order valence-corrected chi connectivity index (χ2v) is 9.68. The topological polar surface area (TPSA) is 122 Å². The first-order valence-electron chi connectivity index (χ1n) is 10.7. The van der Waals surface area contributed by atoms with Crippen molar-refractivity contribution in [2.24, 2.45) is 5.73 Å². The number of nitrogens with zero attached hydrogens (tertiary/aromatic N) is 1. The van der Waals surface area contributed by atoms with Crippen molar-refractivity contribution in [3.8, 4) is 0 Å². The summed E-state index contributed by atoms with van der Waals surface area (Å²) in [5, 5.41) is 14.5. The number of thioether (sulfide) groups is 1. The Kier molecular flexibility index (Phi) is 16.9. The molecular formula is C21H35Cl2N3O5S2. The highest BCUT2D eigenvalue weighted by Gasteiger charge is 2.35. The van der Waals surface area contributed by atoms with Gasteiger partial charge in [-0.3, -0.25) is 19.7 Å². The van der Waals surface area contributed by atoms with Gasteiger partial charge in [-0.15, -0.1) is 47.9 Å². The van der Waals surface area contributed by atoms with Crippen LogP contribution in [0.5, 0.6) is 0 Å². The van der Waals surface area contributed by atoms with E-state index in [0.29, 0.717) is 25.3 Å². The van der Waals surface area contributed by atoms with E-state index in [2.05, 4.69) is 5.32 Å². The Hall–Kier alpha value is -1.04. The normalized spacial score (nSPS) is 19.1. The maximum Gasteiger partial charge on any atom is 0.323 e. The van der Waals surface area contributed by atoms with Gasteiger partial charge in [0.05, 0.1) is 17.9 Å². The van der Waals surface area contributed by atoms with Crippen LogP contribution in [0.1, 0.15) is 49.2 Å². The predicted octanol–water partition coefficient (Wildman–Crippen LogP) is 3.09. The Morgan fingerprint density at radius 1 is 1.30 bits per heavy atom. The SMILES string of the molecule is CCOC(=O)[C@@H](CCCCCCN)NC1CSC(c2cccs2)CN(CC(=O)O)C1=O.Cl.Cl. The maximum atomic E-state index is 13.2. The third kappa shape index (κ3) is 10.8. The molecule has 0 radical (unpaired) electrons. The fraction of sp³-hybridized carbons (Fsp3) is 0.667. The minimum absolute atomic E-state index is 0. The second-order valence-electron chi connectivity index (χ2n) is 7.47. The van der Waals surface area contributed by atoms with Crippen LogP contribution in [0.4, 0.5) is 0 Å². The van der Waals surface area contributed by atoms with Gasteiger partial charge < -0.3 is 20.5 Å². The summed E-state index contributed by atoms with van der Waals surface area (Å²) in [7, 11) is 0. The molecule has 0 spiro atoms. The molecule has 12 heteroatoms. The van der Waals surface area contributed by atoms with E-state index in [0.717, 1.165) is 30.6 Å².